The number of benzene rings is 2. The molecule has 0 spiro atoms. The highest BCUT2D eigenvalue weighted by Gasteiger charge is 2.25. The van der Waals surface area contributed by atoms with Crippen LogP contribution in [0.1, 0.15) is 37.3 Å². The average Bonchev–Trinajstić information content (AvgIpc) is 2.59. The van der Waals surface area contributed by atoms with Crippen molar-refractivity contribution in [2.24, 2.45) is 5.73 Å². The summed E-state index contributed by atoms with van der Waals surface area (Å²) < 4.78 is 27.3. The predicted octanol–water partition coefficient (Wildman–Crippen LogP) is 2.88. The van der Waals surface area contributed by atoms with Gasteiger partial charge in [-0.25, -0.2) is 8.42 Å². The van der Waals surface area contributed by atoms with Crippen LogP contribution in [0, 0.1) is 0 Å². The molecular weight excluding hydrogens is 336 g/mol. The zero-order valence-electron chi connectivity index (χ0n) is 14.6. The van der Waals surface area contributed by atoms with Gasteiger partial charge in [0.05, 0.1) is 4.90 Å². The van der Waals surface area contributed by atoms with Crippen molar-refractivity contribution in [3.63, 3.8) is 0 Å². The molecule has 0 saturated heterocycles. The van der Waals surface area contributed by atoms with E-state index >= 15 is 0 Å². The van der Waals surface area contributed by atoms with Crippen LogP contribution in [0.2, 0.25) is 0 Å². The van der Waals surface area contributed by atoms with Gasteiger partial charge < -0.3 is 5.73 Å². The molecule has 0 radical (unpaired) electrons. The summed E-state index contributed by atoms with van der Waals surface area (Å²) in [5.74, 6) is -0.199. The molecule has 25 heavy (non-hydrogen) atoms. The van der Waals surface area contributed by atoms with E-state index in [-0.39, 0.29) is 24.4 Å². The van der Waals surface area contributed by atoms with Crippen molar-refractivity contribution >= 4 is 15.9 Å². The number of hydrogen-bond donors (Lipinski definition) is 1. The molecule has 0 aliphatic rings. The van der Waals surface area contributed by atoms with Crippen LogP contribution < -0.4 is 5.73 Å². The maximum atomic E-state index is 13.0. The number of amides is 1. The maximum absolute atomic E-state index is 13.0. The van der Waals surface area contributed by atoms with Crippen LogP contribution in [0.5, 0.6) is 0 Å². The first-order chi connectivity index (χ1) is 11.8. The van der Waals surface area contributed by atoms with Crippen molar-refractivity contribution in [1.82, 2.24) is 4.31 Å². The van der Waals surface area contributed by atoms with E-state index in [1.54, 1.807) is 12.1 Å². The van der Waals surface area contributed by atoms with Crippen LogP contribution in [0.4, 0.5) is 0 Å². The lowest BCUT2D eigenvalue weighted by Gasteiger charge is -2.22. The number of nitrogens with two attached hydrogens (primary N) is 1. The number of rotatable bonds is 8. The van der Waals surface area contributed by atoms with Crippen LogP contribution in [0.3, 0.4) is 0 Å². The zero-order chi connectivity index (χ0) is 18.4. The molecule has 0 fully saturated rings. The van der Waals surface area contributed by atoms with Gasteiger partial charge in [0.25, 0.3) is 0 Å². The lowest BCUT2D eigenvalue weighted by molar-refractivity contribution is -0.118. The third-order valence-corrected chi connectivity index (χ3v) is 5.85. The summed E-state index contributed by atoms with van der Waals surface area (Å²) in [6.45, 7) is 4.36. The van der Waals surface area contributed by atoms with Crippen molar-refractivity contribution in [1.29, 1.82) is 0 Å². The van der Waals surface area contributed by atoms with Gasteiger partial charge in [0, 0.05) is 19.5 Å². The minimum absolute atomic E-state index is 0.0177. The fourth-order valence-electron chi connectivity index (χ4n) is 2.48. The number of nitrogens with zero attached hydrogens (tertiary/aromatic N) is 1. The summed E-state index contributed by atoms with van der Waals surface area (Å²) in [4.78, 5) is 11.4. The second-order valence-electron chi connectivity index (χ2n) is 6.26. The maximum Gasteiger partial charge on any atom is 0.243 e. The highest BCUT2D eigenvalue weighted by atomic mass is 32.2. The van der Waals surface area contributed by atoms with Crippen LogP contribution in [-0.2, 0) is 21.4 Å². The van der Waals surface area contributed by atoms with Crippen molar-refractivity contribution in [2.75, 3.05) is 6.54 Å². The highest BCUT2D eigenvalue weighted by molar-refractivity contribution is 7.89. The molecule has 0 bridgehead atoms. The normalized spacial score (nSPS) is 11.8. The first-order valence-corrected chi connectivity index (χ1v) is 9.67. The van der Waals surface area contributed by atoms with Gasteiger partial charge in [-0.2, -0.15) is 4.31 Å². The van der Waals surface area contributed by atoms with E-state index in [9.17, 15) is 13.2 Å². The second kappa shape index (κ2) is 8.27. The monoisotopic (exact) mass is 360 g/mol. The van der Waals surface area contributed by atoms with Crippen molar-refractivity contribution < 1.29 is 13.2 Å². The van der Waals surface area contributed by atoms with Crippen molar-refractivity contribution in [2.45, 2.75) is 37.6 Å². The number of hydrogen-bond acceptors (Lipinski definition) is 3. The molecule has 1 amide bonds. The standard InChI is InChI=1S/C19H24N2O3S/c1-15(2)17-8-10-18(11-9-17)25(23,24)21(13-12-19(20)22)14-16-6-4-3-5-7-16/h3-11,15H,12-14H2,1-2H3,(H2,20,22). The largest absolute Gasteiger partial charge is 0.370 e. The molecule has 2 aromatic rings. The number of carbonyl (C=O) groups is 1. The molecule has 0 saturated carbocycles. The van der Waals surface area contributed by atoms with Gasteiger partial charge in [0.1, 0.15) is 0 Å². The molecule has 6 heteroatoms. The Hall–Kier alpha value is -2.18. The molecule has 2 N–H and O–H groups in total. The summed E-state index contributed by atoms with van der Waals surface area (Å²) in [6.07, 6.45) is -0.0177. The molecule has 0 heterocycles. The summed E-state index contributed by atoms with van der Waals surface area (Å²) in [7, 11) is -3.71. The Morgan fingerprint density at radius 1 is 1.04 bits per heavy atom. The zero-order valence-corrected chi connectivity index (χ0v) is 15.4. The van der Waals surface area contributed by atoms with E-state index in [1.165, 1.54) is 4.31 Å². The first kappa shape index (κ1) is 19.1. The Labute approximate surface area is 149 Å². The minimum Gasteiger partial charge on any atom is -0.370 e. The molecule has 0 aromatic heterocycles. The minimum atomic E-state index is -3.71. The Bertz CT molecular complexity index is 800. The van der Waals surface area contributed by atoms with Crippen LogP contribution in [0.15, 0.2) is 59.5 Å². The Balaban J connectivity index is 2.31. The fourth-order valence-corrected chi connectivity index (χ4v) is 3.91. The van der Waals surface area contributed by atoms with E-state index in [1.807, 2.05) is 42.5 Å². The first-order valence-electron chi connectivity index (χ1n) is 8.23. The predicted molar refractivity (Wildman–Crippen MR) is 98.4 cm³/mol. The van der Waals surface area contributed by atoms with Gasteiger partial charge in [0.15, 0.2) is 0 Å². The molecule has 2 rings (SSSR count). The van der Waals surface area contributed by atoms with E-state index in [4.69, 9.17) is 5.73 Å². The molecule has 0 atom stereocenters. The van der Waals surface area contributed by atoms with Crippen LogP contribution >= 0.6 is 0 Å². The summed E-state index contributed by atoms with van der Waals surface area (Å²) in [6, 6.07) is 16.2. The number of sulfonamides is 1. The molecule has 0 aliphatic carbocycles. The molecule has 0 unspecified atom stereocenters. The fraction of sp³-hybridized carbons (Fsp3) is 0.316. The highest BCUT2D eigenvalue weighted by Crippen LogP contribution is 2.22. The van der Waals surface area contributed by atoms with Crippen molar-refractivity contribution in [3.05, 3.63) is 65.7 Å². The second-order valence-corrected chi connectivity index (χ2v) is 8.20. The van der Waals surface area contributed by atoms with Crippen molar-refractivity contribution in [3.8, 4) is 0 Å². The Morgan fingerprint density at radius 3 is 2.16 bits per heavy atom. The summed E-state index contributed by atoms with van der Waals surface area (Å²) >= 11 is 0. The van der Waals surface area contributed by atoms with Gasteiger partial charge in [-0.05, 0) is 29.2 Å². The third-order valence-electron chi connectivity index (χ3n) is 3.99. The Kier molecular flexibility index (Phi) is 6.33. The average molecular weight is 360 g/mol. The van der Waals surface area contributed by atoms with Gasteiger partial charge in [0.2, 0.25) is 15.9 Å². The summed E-state index contributed by atoms with van der Waals surface area (Å²) in [5.41, 5.74) is 7.14. The van der Waals surface area contributed by atoms with E-state index in [0.29, 0.717) is 5.92 Å². The van der Waals surface area contributed by atoms with Gasteiger partial charge in [-0.15, -0.1) is 0 Å². The van der Waals surface area contributed by atoms with E-state index in [0.717, 1.165) is 11.1 Å². The molecule has 5 nitrogen and oxygen atoms in total. The molecule has 0 aliphatic heterocycles. The van der Waals surface area contributed by atoms with E-state index in [2.05, 4.69) is 13.8 Å². The molecule has 2 aromatic carbocycles. The number of primary amides is 1. The molecular formula is C19H24N2O3S. The van der Waals surface area contributed by atoms with Crippen LogP contribution in [0.25, 0.3) is 0 Å². The lowest BCUT2D eigenvalue weighted by atomic mass is 10.0. The van der Waals surface area contributed by atoms with Crippen LogP contribution in [-0.4, -0.2) is 25.2 Å². The van der Waals surface area contributed by atoms with Gasteiger partial charge in [-0.3, -0.25) is 4.79 Å². The molecule has 134 valence electrons. The Morgan fingerprint density at radius 2 is 1.64 bits per heavy atom. The smallest absolute Gasteiger partial charge is 0.243 e. The number of carbonyl (C=O) groups excluding carboxylic acids is 1. The lowest BCUT2D eigenvalue weighted by Crippen LogP contribution is -2.33. The van der Waals surface area contributed by atoms with E-state index < -0.39 is 15.9 Å². The third kappa shape index (κ3) is 5.14. The summed E-state index contributed by atoms with van der Waals surface area (Å²) in [5, 5.41) is 0. The van der Waals surface area contributed by atoms with Gasteiger partial charge >= 0.3 is 0 Å². The van der Waals surface area contributed by atoms with Gasteiger partial charge in [-0.1, -0.05) is 56.3 Å². The SMILES string of the molecule is CC(C)c1ccc(S(=O)(=O)N(CCC(N)=O)Cc2ccccc2)cc1. The topological polar surface area (TPSA) is 80.5 Å². The quantitative estimate of drug-likeness (QED) is 0.786.